The Morgan fingerprint density at radius 1 is 1.00 bits per heavy atom. The van der Waals surface area contributed by atoms with Crippen LogP contribution in [0.3, 0.4) is 0 Å². The molecule has 4 rings (SSSR count). The highest BCUT2D eigenvalue weighted by molar-refractivity contribution is 5.77. The smallest absolute Gasteiger partial charge is 0.165 e. The number of fused-ring (bicyclic) bond motifs is 1. The topological polar surface area (TPSA) is 33.4 Å². The number of anilines is 1. The van der Waals surface area contributed by atoms with E-state index in [4.69, 9.17) is 4.98 Å². The molecule has 1 fully saturated rings. The molecule has 0 bridgehead atoms. The molecule has 0 unspecified atom stereocenters. The Hall–Kier alpha value is -2.36. The van der Waals surface area contributed by atoms with E-state index in [0.29, 0.717) is 0 Å². The zero-order valence-electron chi connectivity index (χ0n) is 10.5. The summed E-state index contributed by atoms with van der Waals surface area (Å²) in [6.07, 6.45) is 5.14. The SMILES string of the molecule is c1ccc(-c2cnn3ccc(N4CCC4)nc23)cc1. The van der Waals surface area contributed by atoms with Crippen molar-refractivity contribution in [2.75, 3.05) is 18.0 Å². The lowest BCUT2D eigenvalue weighted by Crippen LogP contribution is -2.37. The van der Waals surface area contributed by atoms with E-state index >= 15 is 0 Å². The molecule has 0 radical (unpaired) electrons. The van der Waals surface area contributed by atoms with Crippen LogP contribution in [-0.2, 0) is 0 Å². The lowest BCUT2D eigenvalue weighted by atomic mass is 10.1. The van der Waals surface area contributed by atoms with Crippen LogP contribution in [0.4, 0.5) is 5.82 Å². The standard InChI is InChI=1S/C15H14N4/c1-2-5-12(6-3-1)13-11-16-19-10-7-14(17-15(13)19)18-8-4-9-18/h1-3,5-7,10-11H,4,8-9H2. The van der Waals surface area contributed by atoms with Gasteiger partial charge in [0.1, 0.15) is 5.82 Å². The van der Waals surface area contributed by atoms with Crippen molar-refractivity contribution >= 4 is 11.5 Å². The number of nitrogens with zero attached hydrogens (tertiary/aromatic N) is 4. The van der Waals surface area contributed by atoms with E-state index in [0.717, 1.165) is 35.7 Å². The van der Waals surface area contributed by atoms with Crippen LogP contribution in [0.15, 0.2) is 48.8 Å². The number of hydrogen-bond donors (Lipinski definition) is 0. The highest BCUT2D eigenvalue weighted by Gasteiger charge is 2.17. The molecule has 3 heterocycles. The Morgan fingerprint density at radius 2 is 1.84 bits per heavy atom. The molecule has 94 valence electrons. The first-order valence-corrected chi connectivity index (χ1v) is 6.56. The van der Waals surface area contributed by atoms with Crippen LogP contribution in [0.2, 0.25) is 0 Å². The second-order valence-corrected chi connectivity index (χ2v) is 4.82. The van der Waals surface area contributed by atoms with Crippen LogP contribution < -0.4 is 4.90 Å². The number of aromatic nitrogens is 3. The van der Waals surface area contributed by atoms with Crippen molar-refractivity contribution in [1.29, 1.82) is 0 Å². The summed E-state index contributed by atoms with van der Waals surface area (Å²) in [5.41, 5.74) is 3.17. The molecule has 1 aliphatic rings. The second-order valence-electron chi connectivity index (χ2n) is 4.82. The Balaban J connectivity index is 1.87. The van der Waals surface area contributed by atoms with Gasteiger partial charge in [-0.15, -0.1) is 0 Å². The van der Waals surface area contributed by atoms with Crippen LogP contribution in [0.1, 0.15) is 6.42 Å². The van der Waals surface area contributed by atoms with Crippen molar-refractivity contribution in [2.45, 2.75) is 6.42 Å². The fraction of sp³-hybridized carbons (Fsp3) is 0.200. The Kier molecular flexibility index (Phi) is 2.27. The zero-order chi connectivity index (χ0) is 12.7. The first kappa shape index (κ1) is 10.6. The van der Waals surface area contributed by atoms with Crippen molar-refractivity contribution < 1.29 is 0 Å². The molecule has 0 atom stereocenters. The van der Waals surface area contributed by atoms with Gasteiger partial charge in [0.2, 0.25) is 0 Å². The Morgan fingerprint density at radius 3 is 2.58 bits per heavy atom. The van der Waals surface area contributed by atoms with E-state index in [9.17, 15) is 0 Å². The molecule has 1 aliphatic heterocycles. The summed E-state index contributed by atoms with van der Waals surface area (Å²) < 4.78 is 1.84. The van der Waals surface area contributed by atoms with Crippen LogP contribution in [0, 0.1) is 0 Å². The third-order valence-corrected chi connectivity index (χ3v) is 3.62. The van der Waals surface area contributed by atoms with Gasteiger partial charge in [-0.25, -0.2) is 9.50 Å². The predicted octanol–water partition coefficient (Wildman–Crippen LogP) is 2.61. The highest BCUT2D eigenvalue weighted by atomic mass is 15.3. The van der Waals surface area contributed by atoms with Gasteiger partial charge in [-0.3, -0.25) is 0 Å². The van der Waals surface area contributed by atoms with E-state index in [1.165, 1.54) is 6.42 Å². The van der Waals surface area contributed by atoms with Crippen molar-refractivity contribution in [3.8, 4) is 11.1 Å². The monoisotopic (exact) mass is 250 g/mol. The average Bonchev–Trinajstić information content (AvgIpc) is 2.81. The fourth-order valence-corrected chi connectivity index (χ4v) is 2.40. The minimum atomic E-state index is 0.926. The van der Waals surface area contributed by atoms with E-state index in [1.807, 2.05) is 41.2 Å². The van der Waals surface area contributed by atoms with Crippen LogP contribution >= 0.6 is 0 Å². The lowest BCUT2D eigenvalue weighted by molar-refractivity contribution is 0.609. The van der Waals surface area contributed by atoms with Crippen molar-refractivity contribution in [2.24, 2.45) is 0 Å². The largest absolute Gasteiger partial charge is 0.356 e. The molecule has 19 heavy (non-hydrogen) atoms. The van der Waals surface area contributed by atoms with Crippen LogP contribution in [0.25, 0.3) is 16.8 Å². The molecule has 0 saturated carbocycles. The van der Waals surface area contributed by atoms with Gasteiger partial charge in [-0.1, -0.05) is 30.3 Å². The maximum atomic E-state index is 4.76. The van der Waals surface area contributed by atoms with Crippen molar-refractivity contribution in [3.63, 3.8) is 0 Å². The van der Waals surface area contributed by atoms with Crippen LogP contribution in [-0.4, -0.2) is 27.7 Å². The molecule has 1 saturated heterocycles. The normalized spacial score (nSPS) is 14.6. The summed E-state index contributed by atoms with van der Waals surface area (Å²) >= 11 is 0. The molecule has 0 amide bonds. The van der Waals surface area contributed by atoms with Gasteiger partial charge in [0.05, 0.1) is 6.20 Å². The molecule has 4 nitrogen and oxygen atoms in total. The maximum Gasteiger partial charge on any atom is 0.165 e. The predicted molar refractivity (Wildman–Crippen MR) is 75.3 cm³/mol. The zero-order valence-corrected chi connectivity index (χ0v) is 10.5. The molecule has 1 aromatic carbocycles. The van der Waals surface area contributed by atoms with Crippen molar-refractivity contribution in [3.05, 3.63) is 48.8 Å². The number of benzene rings is 1. The van der Waals surface area contributed by atoms with Gasteiger partial charge in [0.15, 0.2) is 5.65 Å². The number of rotatable bonds is 2. The minimum absolute atomic E-state index is 0.926. The summed E-state index contributed by atoms with van der Waals surface area (Å²) in [6.45, 7) is 2.22. The molecule has 0 N–H and O–H groups in total. The molecule has 4 heteroatoms. The van der Waals surface area contributed by atoms with Gasteiger partial charge in [-0.05, 0) is 18.1 Å². The van der Waals surface area contributed by atoms with E-state index in [-0.39, 0.29) is 0 Å². The third-order valence-electron chi connectivity index (χ3n) is 3.62. The van der Waals surface area contributed by atoms with Crippen LogP contribution in [0.5, 0.6) is 0 Å². The Bertz CT molecular complexity index is 713. The first-order chi connectivity index (χ1) is 9.42. The van der Waals surface area contributed by atoms with E-state index in [2.05, 4.69) is 22.1 Å². The van der Waals surface area contributed by atoms with E-state index in [1.54, 1.807) is 0 Å². The summed E-state index contributed by atoms with van der Waals surface area (Å²) in [5, 5.41) is 4.37. The van der Waals surface area contributed by atoms with Gasteiger partial charge in [-0.2, -0.15) is 5.10 Å². The van der Waals surface area contributed by atoms with Gasteiger partial charge < -0.3 is 4.90 Å². The molecular weight excluding hydrogens is 236 g/mol. The Labute approximate surface area is 111 Å². The maximum absolute atomic E-state index is 4.76. The molecule has 3 aromatic rings. The highest BCUT2D eigenvalue weighted by Crippen LogP contribution is 2.25. The summed E-state index contributed by atoms with van der Waals surface area (Å²) in [5.74, 6) is 1.05. The quantitative estimate of drug-likeness (QED) is 0.701. The second kappa shape index (κ2) is 4.09. The van der Waals surface area contributed by atoms with Gasteiger partial charge in [0.25, 0.3) is 0 Å². The summed E-state index contributed by atoms with van der Waals surface area (Å²) in [7, 11) is 0. The molecule has 2 aromatic heterocycles. The molecular formula is C15H14N4. The first-order valence-electron chi connectivity index (χ1n) is 6.56. The van der Waals surface area contributed by atoms with Gasteiger partial charge >= 0.3 is 0 Å². The average molecular weight is 250 g/mol. The third kappa shape index (κ3) is 1.68. The fourth-order valence-electron chi connectivity index (χ4n) is 2.40. The van der Waals surface area contributed by atoms with Crippen molar-refractivity contribution in [1.82, 2.24) is 14.6 Å². The minimum Gasteiger partial charge on any atom is -0.356 e. The summed E-state index contributed by atoms with van der Waals surface area (Å²) in [6, 6.07) is 12.3. The summed E-state index contributed by atoms with van der Waals surface area (Å²) in [4.78, 5) is 7.05. The van der Waals surface area contributed by atoms with E-state index < -0.39 is 0 Å². The number of hydrogen-bond acceptors (Lipinski definition) is 3. The lowest BCUT2D eigenvalue weighted by Gasteiger charge is -2.31. The molecule has 0 spiro atoms. The van der Waals surface area contributed by atoms with Gasteiger partial charge in [0, 0.05) is 24.8 Å². The molecule has 0 aliphatic carbocycles.